The van der Waals surface area contributed by atoms with E-state index in [-0.39, 0.29) is 5.76 Å². The van der Waals surface area contributed by atoms with Gasteiger partial charge in [-0.15, -0.1) is 0 Å². The molecule has 96 valence electrons. The van der Waals surface area contributed by atoms with Crippen molar-refractivity contribution in [2.24, 2.45) is 0 Å². The summed E-state index contributed by atoms with van der Waals surface area (Å²) >= 11 is 1.76. The zero-order chi connectivity index (χ0) is 13.0. The summed E-state index contributed by atoms with van der Waals surface area (Å²) in [4.78, 5) is 11.2. The van der Waals surface area contributed by atoms with Crippen LogP contribution in [0.4, 0.5) is 0 Å². The monoisotopic (exact) mass is 264 g/mol. The Labute approximate surface area is 110 Å². The Kier molecular flexibility index (Phi) is 4.31. The van der Waals surface area contributed by atoms with E-state index in [1.807, 2.05) is 24.3 Å². The first-order chi connectivity index (χ1) is 8.74. The molecule has 1 N–H and O–H groups in total. The van der Waals surface area contributed by atoms with E-state index in [2.05, 4.69) is 6.92 Å². The minimum Gasteiger partial charge on any atom is -0.475 e. The summed E-state index contributed by atoms with van der Waals surface area (Å²) in [6.45, 7) is 2.15. The number of hydrogen-bond donors (Lipinski definition) is 1. The predicted octanol–water partition coefficient (Wildman–Crippen LogP) is 4.16. The van der Waals surface area contributed by atoms with Gasteiger partial charge < -0.3 is 9.52 Å². The van der Waals surface area contributed by atoms with E-state index in [9.17, 15) is 4.79 Å². The second-order valence-corrected chi connectivity index (χ2v) is 5.22. The lowest BCUT2D eigenvalue weighted by Gasteiger charge is -2.00. The number of carboxylic acids is 1. The van der Waals surface area contributed by atoms with Crippen LogP contribution in [0.5, 0.6) is 0 Å². The highest BCUT2D eigenvalue weighted by Crippen LogP contribution is 2.29. The summed E-state index contributed by atoms with van der Waals surface area (Å²) < 4.78 is 5.40. The molecule has 0 spiro atoms. The molecule has 0 fully saturated rings. The molecule has 18 heavy (non-hydrogen) atoms. The van der Waals surface area contributed by atoms with Crippen LogP contribution < -0.4 is 0 Å². The van der Waals surface area contributed by atoms with E-state index in [4.69, 9.17) is 9.52 Å². The van der Waals surface area contributed by atoms with Crippen LogP contribution in [0.2, 0.25) is 0 Å². The van der Waals surface area contributed by atoms with Gasteiger partial charge in [-0.1, -0.05) is 31.5 Å². The van der Waals surface area contributed by atoms with Gasteiger partial charge in [0.2, 0.25) is 5.76 Å². The molecule has 0 radical (unpaired) electrons. The van der Waals surface area contributed by atoms with Crippen LogP contribution in [0.15, 0.2) is 28.7 Å². The number of aromatic carboxylic acids is 1. The van der Waals surface area contributed by atoms with E-state index < -0.39 is 5.97 Å². The van der Waals surface area contributed by atoms with Gasteiger partial charge in [-0.3, -0.25) is 0 Å². The smallest absolute Gasteiger partial charge is 0.372 e. The van der Waals surface area contributed by atoms with Crippen molar-refractivity contribution in [1.29, 1.82) is 0 Å². The van der Waals surface area contributed by atoms with Gasteiger partial charge in [-0.25, -0.2) is 4.79 Å². The molecule has 0 aliphatic carbocycles. The van der Waals surface area contributed by atoms with Crippen molar-refractivity contribution in [3.05, 3.63) is 35.6 Å². The predicted molar refractivity (Wildman–Crippen MR) is 74.2 cm³/mol. The van der Waals surface area contributed by atoms with Crippen molar-refractivity contribution in [2.75, 3.05) is 5.75 Å². The van der Waals surface area contributed by atoms with Crippen molar-refractivity contribution < 1.29 is 14.3 Å². The van der Waals surface area contributed by atoms with E-state index >= 15 is 0 Å². The highest BCUT2D eigenvalue weighted by atomic mass is 32.2. The highest BCUT2D eigenvalue weighted by Gasteiger charge is 2.19. The fraction of sp³-hybridized carbons (Fsp3) is 0.357. The lowest BCUT2D eigenvalue weighted by Crippen LogP contribution is -1.98. The Balaban J connectivity index is 2.27. The molecule has 0 bridgehead atoms. The average Bonchev–Trinajstić information content (AvgIpc) is 2.74. The van der Waals surface area contributed by atoms with Crippen LogP contribution in [0.3, 0.4) is 0 Å². The first kappa shape index (κ1) is 13.0. The maximum Gasteiger partial charge on any atom is 0.372 e. The number of carboxylic acid groups (broad SMARTS) is 1. The number of furan rings is 1. The minimum atomic E-state index is -0.989. The third kappa shape index (κ3) is 2.70. The van der Waals surface area contributed by atoms with Gasteiger partial charge in [-0.2, -0.15) is 11.8 Å². The molecule has 4 heteroatoms. The Hall–Kier alpha value is -1.42. The third-order valence-corrected chi connectivity index (χ3v) is 3.85. The molecule has 0 saturated carbocycles. The quantitative estimate of drug-likeness (QED) is 0.796. The molecule has 0 aliphatic rings. The summed E-state index contributed by atoms with van der Waals surface area (Å²) in [5.74, 6) is 0.839. The van der Waals surface area contributed by atoms with Gasteiger partial charge in [0.1, 0.15) is 5.58 Å². The number of rotatable bonds is 6. The second kappa shape index (κ2) is 5.96. The summed E-state index contributed by atoms with van der Waals surface area (Å²) in [5.41, 5.74) is 1.46. The molecular formula is C14H16O3S. The summed E-state index contributed by atoms with van der Waals surface area (Å²) in [5, 5.41) is 10.1. The topological polar surface area (TPSA) is 50.4 Å². The number of benzene rings is 1. The number of fused-ring (bicyclic) bond motifs is 1. The van der Waals surface area contributed by atoms with Gasteiger partial charge in [-0.05, 0) is 18.2 Å². The van der Waals surface area contributed by atoms with Crippen LogP contribution >= 0.6 is 11.8 Å². The largest absolute Gasteiger partial charge is 0.475 e. The fourth-order valence-corrected chi connectivity index (χ4v) is 2.96. The van der Waals surface area contributed by atoms with Gasteiger partial charge in [0, 0.05) is 16.7 Å². The van der Waals surface area contributed by atoms with Crippen LogP contribution in [-0.4, -0.2) is 16.8 Å². The molecular weight excluding hydrogens is 248 g/mol. The number of para-hydroxylation sites is 1. The molecule has 1 aromatic heterocycles. The SMILES string of the molecule is CCCCSCc1c(C(=O)O)oc2ccccc12. The molecule has 1 aromatic carbocycles. The van der Waals surface area contributed by atoms with E-state index in [1.54, 1.807) is 11.8 Å². The Bertz CT molecular complexity index is 545. The maximum absolute atomic E-state index is 11.2. The highest BCUT2D eigenvalue weighted by molar-refractivity contribution is 7.98. The number of unbranched alkanes of at least 4 members (excludes halogenated alkanes) is 1. The standard InChI is InChI=1S/C14H16O3S/c1-2-3-8-18-9-11-10-6-4-5-7-12(10)17-13(11)14(15)16/h4-7H,2-3,8-9H2,1H3,(H,15,16). The third-order valence-electron chi connectivity index (χ3n) is 2.78. The summed E-state index contributed by atoms with van der Waals surface area (Å²) in [6.07, 6.45) is 2.31. The first-order valence-corrected chi connectivity index (χ1v) is 7.21. The Morgan fingerprint density at radius 3 is 2.89 bits per heavy atom. The van der Waals surface area contributed by atoms with Crippen LogP contribution in [-0.2, 0) is 5.75 Å². The van der Waals surface area contributed by atoms with Crippen molar-refractivity contribution in [2.45, 2.75) is 25.5 Å². The maximum atomic E-state index is 11.2. The molecule has 1 heterocycles. The normalized spacial score (nSPS) is 10.9. The van der Waals surface area contributed by atoms with Gasteiger partial charge in [0.25, 0.3) is 0 Å². The summed E-state index contributed by atoms with van der Waals surface area (Å²) in [6, 6.07) is 7.48. The first-order valence-electron chi connectivity index (χ1n) is 6.05. The van der Waals surface area contributed by atoms with Gasteiger partial charge in [0.15, 0.2) is 0 Å². The average molecular weight is 264 g/mol. The molecule has 0 unspecified atom stereocenters. The van der Waals surface area contributed by atoms with E-state index in [1.165, 1.54) is 0 Å². The number of carbonyl (C=O) groups is 1. The minimum absolute atomic E-state index is 0.0835. The zero-order valence-corrected chi connectivity index (χ0v) is 11.1. The molecule has 3 nitrogen and oxygen atoms in total. The summed E-state index contributed by atoms with van der Waals surface area (Å²) in [7, 11) is 0. The molecule has 0 saturated heterocycles. The van der Waals surface area contributed by atoms with Crippen molar-refractivity contribution >= 4 is 28.7 Å². The lowest BCUT2D eigenvalue weighted by atomic mass is 10.1. The van der Waals surface area contributed by atoms with Crippen molar-refractivity contribution in [3.8, 4) is 0 Å². The Morgan fingerprint density at radius 1 is 1.39 bits per heavy atom. The molecule has 0 aliphatic heterocycles. The van der Waals surface area contributed by atoms with Gasteiger partial charge in [0.05, 0.1) is 0 Å². The Morgan fingerprint density at radius 2 is 2.17 bits per heavy atom. The second-order valence-electron chi connectivity index (χ2n) is 4.12. The van der Waals surface area contributed by atoms with Crippen LogP contribution in [0, 0.1) is 0 Å². The van der Waals surface area contributed by atoms with E-state index in [0.717, 1.165) is 29.5 Å². The molecule has 2 aromatic rings. The molecule has 0 amide bonds. The van der Waals surface area contributed by atoms with E-state index in [0.29, 0.717) is 11.3 Å². The van der Waals surface area contributed by atoms with Crippen molar-refractivity contribution in [1.82, 2.24) is 0 Å². The van der Waals surface area contributed by atoms with Crippen LogP contribution in [0.25, 0.3) is 11.0 Å². The van der Waals surface area contributed by atoms with Gasteiger partial charge >= 0.3 is 5.97 Å². The number of hydrogen-bond acceptors (Lipinski definition) is 3. The fourth-order valence-electron chi connectivity index (χ4n) is 1.84. The number of thioether (sulfide) groups is 1. The molecule has 0 atom stereocenters. The van der Waals surface area contributed by atoms with Crippen LogP contribution in [0.1, 0.15) is 35.9 Å². The lowest BCUT2D eigenvalue weighted by molar-refractivity contribution is 0.0664. The van der Waals surface area contributed by atoms with Crippen molar-refractivity contribution in [3.63, 3.8) is 0 Å². The zero-order valence-electron chi connectivity index (χ0n) is 10.3. The molecule has 2 rings (SSSR count).